The van der Waals surface area contributed by atoms with Crippen molar-refractivity contribution in [1.82, 2.24) is 4.90 Å². The maximum atomic E-state index is 12.3. The molecule has 1 aliphatic rings. The lowest BCUT2D eigenvalue weighted by atomic mass is 10.2. The molecule has 0 unspecified atom stereocenters. The summed E-state index contributed by atoms with van der Waals surface area (Å²) in [5.74, 6) is 0.218. The third-order valence-corrected chi connectivity index (χ3v) is 5.68. The zero-order chi connectivity index (χ0) is 15.1. The van der Waals surface area contributed by atoms with E-state index < -0.39 is 9.05 Å². The molecule has 1 aliphatic carbocycles. The van der Waals surface area contributed by atoms with Crippen molar-refractivity contribution >= 4 is 53.2 Å². The maximum Gasteiger partial charge on any atom is 0.261 e. The van der Waals surface area contributed by atoms with Gasteiger partial charge in [0.25, 0.3) is 15.0 Å². The van der Waals surface area contributed by atoms with Crippen LogP contribution in [0.1, 0.15) is 23.2 Å². The number of nitrogens with zero attached hydrogens (tertiary/aromatic N) is 1. The molecule has 0 spiro atoms. The third-order valence-electron chi connectivity index (χ3n) is 3.09. The van der Waals surface area contributed by atoms with E-state index in [4.69, 9.17) is 22.3 Å². The highest BCUT2D eigenvalue weighted by atomic mass is 79.9. The number of benzene rings is 1. The van der Waals surface area contributed by atoms with Gasteiger partial charge in [-0.15, -0.1) is 0 Å². The minimum absolute atomic E-state index is 0.128. The predicted octanol–water partition coefficient (Wildman–Crippen LogP) is 3.51. The fraction of sp³-hybridized carbons (Fsp3) is 0.417. The average Bonchev–Trinajstić information content (AvgIpc) is 3.14. The number of hydrogen-bond donors (Lipinski definition) is 0. The number of amides is 1. The number of rotatable bonds is 4. The summed E-state index contributed by atoms with van der Waals surface area (Å²) in [4.78, 5) is 13.7. The lowest BCUT2D eigenvalue weighted by molar-refractivity contribution is 0.0788. The minimum atomic E-state index is -3.92. The molecule has 110 valence electrons. The van der Waals surface area contributed by atoms with Crippen molar-refractivity contribution in [2.75, 3.05) is 13.6 Å². The van der Waals surface area contributed by atoms with Crippen LogP contribution in [0.25, 0.3) is 0 Å². The lowest BCUT2D eigenvalue weighted by Crippen LogP contribution is -2.29. The Bertz CT molecular complexity index is 659. The highest BCUT2D eigenvalue weighted by Crippen LogP contribution is 2.33. The van der Waals surface area contributed by atoms with Crippen LogP contribution in [0.5, 0.6) is 0 Å². The van der Waals surface area contributed by atoms with Gasteiger partial charge < -0.3 is 4.90 Å². The van der Waals surface area contributed by atoms with Crippen LogP contribution >= 0.6 is 38.2 Å². The molecule has 1 amide bonds. The van der Waals surface area contributed by atoms with Gasteiger partial charge in [0, 0.05) is 28.7 Å². The fourth-order valence-electron chi connectivity index (χ4n) is 1.84. The zero-order valence-electron chi connectivity index (χ0n) is 10.6. The van der Waals surface area contributed by atoms with Crippen LogP contribution in [0, 0.1) is 5.92 Å². The standard InChI is InChI=1S/C12H12BrCl2NO3S/c1-16(6-7-2-3-7)12(17)9-4-8(20(15,18)19)5-10(13)11(9)14/h4-5,7H,2-3,6H2,1H3. The summed E-state index contributed by atoms with van der Waals surface area (Å²) < 4.78 is 23.1. The first kappa shape index (κ1) is 16.1. The van der Waals surface area contributed by atoms with Crippen LogP contribution in [0.3, 0.4) is 0 Å². The molecule has 20 heavy (non-hydrogen) atoms. The molecule has 1 fully saturated rings. The van der Waals surface area contributed by atoms with Gasteiger partial charge in [-0.05, 0) is 46.8 Å². The number of halogens is 3. The lowest BCUT2D eigenvalue weighted by Gasteiger charge is -2.18. The van der Waals surface area contributed by atoms with Crippen molar-refractivity contribution in [3.63, 3.8) is 0 Å². The molecular formula is C12H12BrCl2NO3S. The van der Waals surface area contributed by atoms with Gasteiger partial charge in [0.15, 0.2) is 0 Å². The molecule has 2 rings (SSSR count). The van der Waals surface area contributed by atoms with Crippen molar-refractivity contribution in [1.29, 1.82) is 0 Å². The van der Waals surface area contributed by atoms with Gasteiger partial charge >= 0.3 is 0 Å². The molecule has 4 nitrogen and oxygen atoms in total. The quantitative estimate of drug-likeness (QED) is 0.726. The second-order valence-corrected chi connectivity index (χ2v) is 8.63. The average molecular weight is 401 g/mol. The van der Waals surface area contributed by atoms with Gasteiger partial charge in [0.1, 0.15) is 0 Å². The van der Waals surface area contributed by atoms with E-state index in [0.29, 0.717) is 16.9 Å². The second kappa shape index (κ2) is 5.83. The van der Waals surface area contributed by atoms with E-state index in [1.165, 1.54) is 12.1 Å². The molecule has 0 N–H and O–H groups in total. The van der Waals surface area contributed by atoms with Crippen LogP contribution in [0.15, 0.2) is 21.5 Å². The van der Waals surface area contributed by atoms with Gasteiger partial charge in [-0.1, -0.05) is 11.6 Å². The summed E-state index contributed by atoms with van der Waals surface area (Å²) in [6, 6.07) is 2.49. The van der Waals surface area contributed by atoms with Crippen molar-refractivity contribution in [3.05, 3.63) is 27.2 Å². The van der Waals surface area contributed by atoms with Gasteiger partial charge in [-0.2, -0.15) is 0 Å². The van der Waals surface area contributed by atoms with E-state index in [1.807, 2.05) is 0 Å². The van der Waals surface area contributed by atoms with Crippen LogP contribution < -0.4 is 0 Å². The number of hydrogen-bond acceptors (Lipinski definition) is 3. The molecule has 0 atom stereocenters. The summed E-state index contributed by atoms with van der Waals surface area (Å²) in [6.45, 7) is 0.643. The van der Waals surface area contributed by atoms with E-state index in [1.54, 1.807) is 11.9 Å². The molecule has 0 saturated heterocycles. The Morgan fingerprint density at radius 3 is 2.55 bits per heavy atom. The summed E-state index contributed by atoms with van der Waals surface area (Å²) in [5.41, 5.74) is 0.128. The molecule has 0 aromatic heterocycles. The Morgan fingerprint density at radius 2 is 2.05 bits per heavy atom. The molecule has 1 aromatic rings. The summed E-state index contributed by atoms with van der Waals surface area (Å²) in [6.07, 6.45) is 2.23. The Kier molecular flexibility index (Phi) is 4.69. The molecule has 0 aliphatic heterocycles. The number of carbonyl (C=O) groups is 1. The predicted molar refractivity (Wildman–Crippen MR) is 81.9 cm³/mol. The van der Waals surface area contributed by atoms with E-state index in [-0.39, 0.29) is 21.4 Å². The SMILES string of the molecule is CN(CC1CC1)C(=O)c1cc(S(=O)(=O)Cl)cc(Br)c1Cl. The summed E-state index contributed by atoms with van der Waals surface area (Å²) >= 11 is 9.22. The third kappa shape index (κ3) is 3.67. The Labute approximate surface area is 135 Å². The van der Waals surface area contributed by atoms with Crippen molar-refractivity contribution < 1.29 is 13.2 Å². The van der Waals surface area contributed by atoms with E-state index in [9.17, 15) is 13.2 Å². The molecule has 8 heteroatoms. The molecule has 0 radical (unpaired) electrons. The maximum absolute atomic E-state index is 12.3. The fourth-order valence-corrected chi connectivity index (χ4v) is 3.42. The van der Waals surface area contributed by atoms with Crippen LogP contribution in [-0.4, -0.2) is 32.8 Å². The summed E-state index contributed by atoms with van der Waals surface area (Å²) in [5, 5.41) is 0.182. The monoisotopic (exact) mass is 399 g/mol. The Balaban J connectivity index is 2.38. The first-order valence-electron chi connectivity index (χ1n) is 5.89. The van der Waals surface area contributed by atoms with Crippen molar-refractivity contribution in [2.24, 2.45) is 5.92 Å². The highest BCUT2D eigenvalue weighted by molar-refractivity contribution is 9.10. The van der Waals surface area contributed by atoms with Gasteiger partial charge in [0.2, 0.25) is 0 Å². The van der Waals surface area contributed by atoms with E-state index >= 15 is 0 Å². The first-order valence-corrected chi connectivity index (χ1v) is 9.37. The van der Waals surface area contributed by atoms with Gasteiger partial charge in [0.05, 0.1) is 15.5 Å². The van der Waals surface area contributed by atoms with Gasteiger partial charge in [-0.3, -0.25) is 4.79 Å². The van der Waals surface area contributed by atoms with E-state index in [2.05, 4.69) is 15.9 Å². The summed E-state index contributed by atoms with van der Waals surface area (Å²) in [7, 11) is 3.07. The van der Waals surface area contributed by atoms with E-state index in [0.717, 1.165) is 12.8 Å². The second-order valence-electron chi connectivity index (χ2n) is 4.83. The largest absolute Gasteiger partial charge is 0.341 e. The van der Waals surface area contributed by atoms with Gasteiger partial charge in [-0.25, -0.2) is 8.42 Å². The zero-order valence-corrected chi connectivity index (χ0v) is 14.5. The smallest absolute Gasteiger partial charge is 0.261 e. The topological polar surface area (TPSA) is 54.5 Å². The van der Waals surface area contributed by atoms with Crippen LogP contribution in [0.2, 0.25) is 5.02 Å². The normalized spacial score (nSPS) is 15.2. The van der Waals surface area contributed by atoms with Crippen LogP contribution in [-0.2, 0) is 9.05 Å². The van der Waals surface area contributed by atoms with Crippen molar-refractivity contribution in [3.8, 4) is 0 Å². The molecule has 0 bridgehead atoms. The molecule has 1 aromatic carbocycles. The molecular weight excluding hydrogens is 389 g/mol. The van der Waals surface area contributed by atoms with Crippen molar-refractivity contribution in [2.45, 2.75) is 17.7 Å². The number of carbonyl (C=O) groups excluding carboxylic acids is 1. The minimum Gasteiger partial charge on any atom is -0.341 e. The molecule has 1 saturated carbocycles. The Hall–Kier alpha value is -0.300. The molecule has 0 heterocycles. The Morgan fingerprint density at radius 1 is 1.45 bits per heavy atom. The first-order chi connectivity index (χ1) is 9.20. The highest BCUT2D eigenvalue weighted by Gasteiger charge is 2.27. The van der Waals surface area contributed by atoms with Crippen LogP contribution in [0.4, 0.5) is 0 Å².